The summed E-state index contributed by atoms with van der Waals surface area (Å²) in [6.45, 7) is 0.331. The number of alkyl halides is 3. The van der Waals surface area contributed by atoms with Crippen LogP contribution in [0.15, 0.2) is 28.8 Å². The monoisotopic (exact) mass is 293 g/mol. The van der Waals surface area contributed by atoms with Crippen LogP contribution in [0.4, 0.5) is 13.2 Å². The predicted octanol–water partition coefficient (Wildman–Crippen LogP) is 2.72. The van der Waals surface area contributed by atoms with E-state index in [1.807, 2.05) is 0 Å². The van der Waals surface area contributed by atoms with Gasteiger partial charge in [0.25, 0.3) is 5.89 Å². The average Bonchev–Trinajstić information content (AvgIpc) is 2.75. The van der Waals surface area contributed by atoms with Gasteiger partial charge in [0.1, 0.15) is 6.42 Å². The van der Waals surface area contributed by atoms with Crippen LogP contribution < -0.4 is 5.73 Å². The molecule has 0 spiro atoms. The molecule has 1 aromatic heterocycles. The van der Waals surface area contributed by atoms with Crippen molar-refractivity contribution in [3.63, 3.8) is 0 Å². The summed E-state index contributed by atoms with van der Waals surface area (Å²) in [7, 11) is 0. The van der Waals surface area contributed by atoms with Gasteiger partial charge in [-0.1, -0.05) is 17.3 Å². The molecule has 8 heteroatoms. The molecule has 0 aliphatic heterocycles. The molecular formula is C11H11ClF3N3O. The molecular weight excluding hydrogens is 283 g/mol. The summed E-state index contributed by atoms with van der Waals surface area (Å²) in [4.78, 5) is 3.70. The number of rotatable bonds is 3. The van der Waals surface area contributed by atoms with Gasteiger partial charge in [-0.05, 0) is 17.7 Å². The van der Waals surface area contributed by atoms with Gasteiger partial charge in [0.15, 0.2) is 5.82 Å². The molecule has 0 fully saturated rings. The van der Waals surface area contributed by atoms with Gasteiger partial charge in [0.2, 0.25) is 0 Å². The highest BCUT2D eigenvalue weighted by atomic mass is 35.5. The summed E-state index contributed by atoms with van der Waals surface area (Å²) < 4.78 is 41.2. The van der Waals surface area contributed by atoms with E-state index in [2.05, 4.69) is 10.1 Å². The Labute approximate surface area is 113 Å². The maximum absolute atomic E-state index is 12.1. The molecule has 2 N–H and O–H groups in total. The van der Waals surface area contributed by atoms with E-state index in [4.69, 9.17) is 10.3 Å². The fourth-order valence-corrected chi connectivity index (χ4v) is 1.45. The van der Waals surface area contributed by atoms with Crippen molar-refractivity contribution in [2.24, 2.45) is 5.73 Å². The summed E-state index contributed by atoms with van der Waals surface area (Å²) in [6.07, 6.45) is -5.55. The Kier molecular flexibility index (Phi) is 4.90. The Hall–Kier alpha value is -1.60. The quantitative estimate of drug-likeness (QED) is 0.945. The first-order valence-corrected chi connectivity index (χ1v) is 5.16. The smallest absolute Gasteiger partial charge is 0.334 e. The molecule has 0 bridgehead atoms. The van der Waals surface area contributed by atoms with Crippen LogP contribution in [-0.2, 0) is 13.0 Å². The standard InChI is InChI=1S/C11H10F3N3O.ClH/c12-11(13,14)5-9-16-10(18-17-9)8-3-1-2-7(4-8)6-15;/h1-4H,5-6,15H2;1H. The van der Waals surface area contributed by atoms with Gasteiger partial charge >= 0.3 is 6.18 Å². The summed E-state index contributed by atoms with van der Waals surface area (Å²) in [6, 6.07) is 6.90. The number of hydrogen-bond donors (Lipinski definition) is 1. The van der Waals surface area contributed by atoms with Crippen molar-refractivity contribution in [1.82, 2.24) is 10.1 Å². The Balaban J connectivity index is 0.00000180. The van der Waals surface area contributed by atoms with Crippen molar-refractivity contribution in [1.29, 1.82) is 0 Å². The van der Waals surface area contributed by atoms with Crippen molar-refractivity contribution >= 4 is 12.4 Å². The van der Waals surface area contributed by atoms with E-state index in [1.54, 1.807) is 24.3 Å². The molecule has 0 aliphatic rings. The van der Waals surface area contributed by atoms with Gasteiger partial charge in [0, 0.05) is 12.1 Å². The van der Waals surface area contributed by atoms with Crippen LogP contribution in [0, 0.1) is 0 Å². The van der Waals surface area contributed by atoms with Crippen LogP contribution in [0.5, 0.6) is 0 Å². The summed E-state index contributed by atoms with van der Waals surface area (Å²) in [5.41, 5.74) is 6.86. The van der Waals surface area contributed by atoms with Crippen molar-refractivity contribution in [3.8, 4) is 11.5 Å². The van der Waals surface area contributed by atoms with Gasteiger partial charge < -0.3 is 10.3 Å². The lowest BCUT2D eigenvalue weighted by molar-refractivity contribution is -0.128. The fourth-order valence-electron chi connectivity index (χ4n) is 1.45. The zero-order valence-corrected chi connectivity index (χ0v) is 10.5. The molecule has 0 unspecified atom stereocenters. The third-order valence-corrected chi connectivity index (χ3v) is 2.24. The zero-order chi connectivity index (χ0) is 13.2. The minimum absolute atomic E-state index is 0. The molecule has 4 nitrogen and oxygen atoms in total. The number of benzene rings is 1. The molecule has 0 atom stereocenters. The van der Waals surface area contributed by atoms with Crippen LogP contribution in [0.2, 0.25) is 0 Å². The van der Waals surface area contributed by atoms with Gasteiger partial charge in [-0.15, -0.1) is 12.4 Å². The first kappa shape index (κ1) is 15.5. The van der Waals surface area contributed by atoms with Crippen LogP contribution >= 0.6 is 12.4 Å². The van der Waals surface area contributed by atoms with E-state index in [0.29, 0.717) is 12.1 Å². The van der Waals surface area contributed by atoms with Crippen LogP contribution in [0.25, 0.3) is 11.5 Å². The maximum Gasteiger partial charge on any atom is 0.396 e. The Morgan fingerprint density at radius 3 is 2.63 bits per heavy atom. The highest BCUT2D eigenvalue weighted by molar-refractivity contribution is 5.85. The van der Waals surface area contributed by atoms with E-state index in [9.17, 15) is 13.2 Å². The molecule has 19 heavy (non-hydrogen) atoms. The zero-order valence-electron chi connectivity index (χ0n) is 9.65. The normalized spacial score (nSPS) is 11.2. The second-order valence-electron chi connectivity index (χ2n) is 3.71. The number of hydrogen-bond acceptors (Lipinski definition) is 4. The van der Waals surface area contributed by atoms with Crippen molar-refractivity contribution in [3.05, 3.63) is 35.7 Å². The number of nitrogens with two attached hydrogens (primary N) is 1. The maximum atomic E-state index is 12.1. The SMILES string of the molecule is Cl.NCc1cccc(-c2nc(CC(F)(F)F)no2)c1. The van der Waals surface area contributed by atoms with Gasteiger partial charge in [-0.3, -0.25) is 0 Å². The van der Waals surface area contributed by atoms with Crippen LogP contribution in [-0.4, -0.2) is 16.3 Å². The topological polar surface area (TPSA) is 64.9 Å². The molecule has 2 rings (SSSR count). The summed E-state index contributed by atoms with van der Waals surface area (Å²) in [5, 5.41) is 3.30. The van der Waals surface area contributed by atoms with Gasteiger partial charge in [0.05, 0.1) is 0 Å². The number of nitrogens with zero attached hydrogens (tertiary/aromatic N) is 2. The second kappa shape index (κ2) is 6.03. The van der Waals surface area contributed by atoms with Crippen molar-refractivity contribution in [2.45, 2.75) is 19.1 Å². The average molecular weight is 294 g/mol. The Morgan fingerprint density at radius 2 is 2.00 bits per heavy atom. The molecule has 0 amide bonds. The van der Waals surface area contributed by atoms with Crippen LogP contribution in [0.1, 0.15) is 11.4 Å². The van der Waals surface area contributed by atoms with E-state index in [0.717, 1.165) is 5.56 Å². The molecule has 0 saturated carbocycles. The summed E-state index contributed by atoms with van der Waals surface area (Å²) in [5.74, 6) is -0.319. The Morgan fingerprint density at radius 1 is 1.26 bits per heavy atom. The first-order chi connectivity index (χ1) is 8.48. The van der Waals surface area contributed by atoms with Crippen molar-refractivity contribution in [2.75, 3.05) is 0 Å². The molecule has 0 aliphatic carbocycles. The van der Waals surface area contributed by atoms with E-state index in [1.165, 1.54) is 0 Å². The number of halogens is 4. The molecule has 0 saturated heterocycles. The molecule has 104 valence electrons. The lowest BCUT2D eigenvalue weighted by Crippen LogP contribution is -2.12. The van der Waals surface area contributed by atoms with Crippen molar-refractivity contribution < 1.29 is 17.7 Å². The molecule has 1 aromatic carbocycles. The fraction of sp³-hybridized carbons (Fsp3) is 0.273. The molecule has 2 aromatic rings. The Bertz CT molecular complexity index is 542. The van der Waals surface area contributed by atoms with Gasteiger partial charge in [-0.2, -0.15) is 18.2 Å². The van der Waals surface area contributed by atoms with E-state index in [-0.39, 0.29) is 24.1 Å². The lowest BCUT2D eigenvalue weighted by atomic mass is 10.1. The predicted molar refractivity (Wildman–Crippen MR) is 64.6 cm³/mol. The molecule has 0 radical (unpaired) electrons. The largest absolute Gasteiger partial charge is 0.396 e. The first-order valence-electron chi connectivity index (χ1n) is 5.16. The van der Waals surface area contributed by atoms with E-state index < -0.39 is 12.6 Å². The minimum Gasteiger partial charge on any atom is -0.334 e. The number of aromatic nitrogens is 2. The van der Waals surface area contributed by atoms with Crippen LogP contribution in [0.3, 0.4) is 0 Å². The second-order valence-corrected chi connectivity index (χ2v) is 3.71. The lowest BCUT2D eigenvalue weighted by Gasteiger charge is -2.00. The van der Waals surface area contributed by atoms with Gasteiger partial charge in [-0.25, -0.2) is 0 Å². The molecule has 1 heterocycles. The third-order valence-electron chi connectivity index (χ3n) is 2.24. The minimum atomic E-state index is -4.35. The highest BCUT2D eigenvalue weighted by Crippen LogP contribution is 2.23. The van der Waals surface area contributed by atoms with E-state index >= 15 is 0 Å². The highest BCUT2D eigenvalue weighted by Gasteiger charge is 2.30. The third kappa shape index (κ3) is 4.22. The summed E-state index contributed by atoms with van der Waals surface area (Å²) >= 11 is 0.